The first-order chi connectivity index (χ1) is 12.0. The van der Waals surface area contributed by atoms with Gasteiger partial charge in [0.2, 0.25) is 0 Å². The Morgan fingerprint density at radius 2 is 1.72 bits per heavy atom. The molecule has 7 heteroatoms. The zero-order chi connectivity index (χ0) is 17.9. The molecule has 0 spiro atoms. The molecule has 1 aliphatic heterocycles. The molecule has 2 aromatic rings. The number of likely N-dealkylation sites (N-methyl/N-ethyl adjacent to an activating group) is 1. The third kappa shape index (κ3) is 4.08. The van der Waals surface area contributed by atoms with Gasteiger partial charge in [-0.15, -0.1) is 0 Å². The third-order valence-electron chi connectivity index (χ3n) is 4.59. The Hall–Kier alpha value is -1.76. The van der Waals surface area contributed by atoms with Gasteiger partial charge in [-0.05, 0) is 31.2 Å². The summed E-state index contributed by atoms with van der Waals surface area (Å²) in [5, 5.41) is 0.215. The van der Waals surface area contributed by atoms with Gasteiger partial charge in [0.25, 0.3) is 10.0 Å². The molecule has 2 aromatic carbocycles. The lowest BCUT2D eigenvalue weighted by Crippen LogP contribution is -3.14. The van der Waals surface area contributed by atoms with E-state index in [1.807, 2.05) is 18.2 Å². The predicted molar refractivity (Wildman–Crippen MR) is 102 cm³/mol. The Balaban J connectivity index is 1.86. The topological polar surface area (TPSA) is 53.9 Å². The van der Waals surface area contributed by atoms with Gasteiger partial charge < -0.3 is 9.80 Å². The van der Waals surface area contributed by atoms with Crippen LogP contribution in [0.4, 0.5) is 11.4 Å². The van der Waals surface area contributed by atoms with Crippen LogP contribution in [0.1, 0.15) is 6.92 Å². The van der Waals surface area contributed by atoms with Gasteiger partial charge in [0.05, 0.1) is 49.1 Å². The van der Waals surface area contributed by atoms with Gasteiger partial charge in [-0.3, -0.25) is 4.72 Å². The average Bonchev–Trinajstić information content (AvgIpc) is 2.62. The number of rotatable bonds is 5. The van der Waals surface area contributed by atoms with E-state index in [0.29, 0.717) is 5.69 Å². The molecule has 0 bridgehead atoms. The second kappa shape index (κ2) is 7.64. The highest BCUT2D eigenvalue weighted by Crippen LogP contribution is 2.29. The first kappa shape index (κ1) is 18.0. The van der Waals surface area contributed by atoms with Crippen molar-refractivity contribution in [2.75, 3.05) is 42.3 Å². The van der Waals surface area contributed by atoms with E-state index in [1.165, 1.54) is 6.07 Å². The standard InChI is InChI=1S/C18H22ClN3O2S/c1-2-21-11-13-22(14-12-21)17-9-5-4-8-16(17)20-25(23,24)18-10-6-3-7-15(18)19/h3-10,20H,2,11-14H2,1H3/p+1. The smallest absolute Gasteiger partial charge is 0.263 e. The summed E-state index contributed by atoms with van der Waals surface area (Å²) in [5.74, 6) is 0. The normalized spacial score (nSPS) is 16.0. The van der Waals surface area contributed by atoms with Crippen molar-refractivity contribution in [3.05, 3.63) is 53.6 Å². The van der Waals surface area contributed by atoms with E-state index in [4.69, 9.17) is 11.6 Å². The molecule has 3 rings (SSSR count). The lowest BCUT2D eigenvalue weighted by molar-refractivity contribution is -0.898. The fourth-order valence-electron chi connectivity index (χ4n) is 3.12. The molecule has 0 saturated carbocycles. The Bertz CT molecular complexity index is 834. The summed E-state index contributed by atoms with van der Waals surface area (Å²) in [4.78, 5) is 3.90. The van der Waals surface area contributed by atoms with Crippen molar-refractivity contribution in [3.63, 3.8) is 0 Å². The number of piperazine rings is 1. The number of halogens is 1. The van der Waals surface area contributed by atoms with Gasteiger partial charge in [0, 0.05) is 0 Å². The highest BCUT2D eigenvalue weighted by molar-refractivity contribution is 7.92. The summed E-state index contributed by atoms with van der Waals surface area (Å²) in [6.45, 7) is 7.25. The molecular formula is C18H23ClN3O2S+. The summed E-state index contributed by atoms with van der Waals surface area (Å²) in [6, 6.07) is 14.0. The molecule has 25 heavy (non-hydrogen) atoms. The number of benzene rings is 2. The predicted octanol–water partition coefficient (Wildman–Crippen LogP) is 1.87. The van der Waals surface area contributed by atoms with Gasteiger partial charge in [-0.2, -0.15) is 0 Å². The second-order valence-corrected chi connectivity index (χ2v) is 8.20. The first-order valence-electron chi connectivity index (χ1n) is 8.46. The van der Waals surface area contributed by atoms with Crippen molar-refractivity contribution < 1.29 is 13.3 Å². The molecule has 1 fully saturated rings. The molecular weight excluding hydrogens is 358 g/mol. The van der Waals surface area contributed by atoms with Gasteiger partial charge >= 0.3 is 0 Å². The zero-order valence-corrected chi connectivity index (χ0v) is 15.8. The molecule has 5 nitrogen and oxygen atoms in total. The average molecular weight is 381 g/mol. The van der Waals surface area contributed by atoms with Gasteiger partial charge in [0.15, 0.2) is 0 Å². The van der Waals surface area contributed by atoms with Crippen LogP contribution in [-0.2, 0) is 10.0 Å². The van der Waals surface area contributed by atoms with Crippen molar-refractivity contribution >= 4 is 33.0 Å². The van der Waals surface area contributed by atoms with Crippen LogP contribution in [0.2, 0.25) is 5.02 Å². The van der Waals surface area contributed by atoms with Crippen molar-refractivity contribution in [1.29, 1.82) is 0 Å². The van der Waals surface area contributed by atoms with Gasteiger partial charge in [-0.25, -0.2) is 8.42 Å². The number of hydrogen-bond donors (Lipinski definition) is 2. The number of quaternary nitrogens is 1. The summed E-state index contributed by atoms with van der Waals surface area (Å²) in [5.41, 5.74) is 1.50. The van der Waals surface area contributed by atoms with E-state index < -0.39 is 10.0 Å². The summed E-state index contributed by atoms with van der Waals surface area (Å²) in [7, 11) is -3.73. The van der Waals surface area contributed by atoms with E-state index in [9.17, 15) is 8.42 Å². The SMILES string of the molecule is CC[NH+]1CCN(c2ccccc2NS(=O)(=O)c2ccccc2Cl)CC1. The van der Waals surface area contributed by atoms with E-state index in [2.05, 4.69) is 16.5 Å². The van der Waals surface area contributed by atoms with Crippen molar-refractivity contribution in [3.8, 4) is 0 Å². The number of hydrogen-bond acceptors (Lipinski definition) is 3. The number of nitrogens with zero attached hydrogens (tertiary/aromatic N) is 1. The summed E-state index contributed by atoms with van der Waals surface area (Å²) < 4.78 is 28.2. The summed E-state index contributed by atoms with van der Waals surface area (Å²) in [6.07, 6.45) is 0. The van der Waals surface area contributed by atoms with E-state index >= 15 is 0 Å². The Kier molecular flexibility index (Phi) is 5.51. The molecule has 0 atom stereocenters. The monoisotopic (exact) mass is 380 g/mol. The molecule has 1 saturated heterocycles. The quantitative estimate of drug-likeness (QED) is 0.832. The van der Waals surface area contributed by atoms with E-state index in [1.54, 1.807) is 29.2 Å². The molecule has 2 N–H and O–H groups in total. The van der Waals surface area contributed by atoms with Crippen molar-refractivity contribution in [2.45, 2.75) is 11.8 Å². The van der Waals surface area contributed by atoms with Crippen LogP contribution in [-0.4, -0.2) is 41.1 Å². The number of nitrogens with one attached hydrogen (secondary N) is 2. The van der Waals surface area contributed by atoms with Crippen LogP contribution >= 0.6 is 11.6 Å². The minimum Gasteiger partial charge on any atom is -0.359 e. The molecule has 0 aromatic heterocycles. The molecule has 1 aliphatic rings. The summed E-state index contributed by atoms with van der Waals surface area (Å²) >= 11 is 6.06. The molecule has 0 aliphatic carbocycles. The maximum atomic E-state index is 12.7. The van der Waals surface area contributed by atoms with Crippen LogP contribution in [0.5, 0.6) is 0 Å². The van der Waals surface area contributed by atoms with Crippen LogP contribution in [0.3, 0.4) is 0 Å². The highest BCUT2D eigenvalue weighted by atomic mass is 35.5. The number of sulfonamides is 1. The minimum absolute atomic E-state index is 0.0896. The Morgan fingerprint density at radius 1 is 1.08 bits per heavy atom. The lowest BCUT2D eigenvalue weighted by Gasteiger charge is -2.34. The molecule has 134 valence electrons. The number of anilines is 2. The van der Waals surface area contributed by atoms with Crippen LogP contribution in [0.25, 0.3) is 0 Å². The Morgan fingerprint density at radius 3 is 2.40 bits per heavy atom. The van der Waals surface area contributed by atoms with Gasteiger partial charge in [0.1, 0.15) is 4.90 Å². The Labute approximate surface area is 154 Å². The first-order valence-corrected chi connectivity index (χ1v) is 10.3. The van der Waals surface area contributed by atoms with Crippen LogP contribution < -0.4 is 14.5 Å². The van der Waals surface area contributed by atoms with Crippen molar-refractivity contribution in [1.82, 2.24) is 0 Å². The minimum atomic E-state index is -3.73. The molecule has 0 radical (unpaired) electrons. The fraction of sp³-hybridized carbons (Fsp3) is 0.333. The highest BCUT2D eigenvalue weighted by Gasteiger charge is 2.23. The lowest BCUT2D eigenvalue weighted by atomic mass is 10.2. The van der Waals surface area contributed by atoms with Crippen molar-refractivity contribution in [2.24, 2.45) is 0 Å². The molecule has 0 unspecified atom stereocenters. The fourth-order valence-corrected chi connectivity index (χ4v) is 4.71. The zero-order valence-electron chi connectivity index (χ0n) is 14.2. The van der Waals surface area contributed by atoms with Gasteiger partial charge in [-0.1, -0.05) is 35.9 Å². The largest absolute Gasteiger partial charge is 0.359 e. The second-order valence-electron chi connectivity index (χ2n) is 6.14. The van der Waals surface area contributed by atoms with E-state index in [0.717, 1.165) is 38.4 Å². The molecule has 1 heterocycles. The van der Waals surface area contributed by atoms with Crippen LogP contribution in [0, 0.1) is 0 Å². The molecule has 0 amide bonds. The van der Waals surface area contributed by atoms with E-state index in [-0.39, 0.29) is 9.92 Å². The third-order valence-corrected chi connectivity index (χ3v) is 6.45. The van der Waals surface area contributed by atoms with Crippen LogP contribution in [0.15, 0.2) is 53.4 Å². The number of para-hydroxylation sites is 2. The maximum Gasteiger partial charge on any atom is 0.263 e. The maximum absolute atomic E-state index is 12.7.